The second kappa shape index (κ2) is 13.5. The summed E-state index contributed by atoms with van der Waals surface area (Å²) >= 11 is 6.02. The largest absolute Gasteiger partial charge is 0.482 e. The number of aliphatic hydroxyl groups is 2. The predicted octanol–water partition coefficient (Wildman–Crippen LogP) is 3.27. The van der Waals surface area contributed by atoms with Gasteiger partial charge in [0.1, 0.15) is 5.75 Å². The van der Waals surface area contributed by atoms with Crippen molar-refractivity contribution in [3.63, 3.8) is 0 Å². The summed E-state index contributed by atoms with van der Waals surface area (Å²) in [5.74, 6) is 0.163. The lowest BCUT2D eigenvalue weighted by atomic mass is 10.0. The Morgan fingerprint density at radius 3 is 2.50 bits per heavy atom. The zero-order valence-electron chi connectivity index (χ0n) is 17.2. The van der Waals surface area contributed by atoms with E-state index in [1.165, 1.54) is 7.11 Å². The number of carbonyl (C=O) groups excluding carboxylic acids is 1. The molecule has 0 heterocycles. The molecule has 0 radical (unpaired) electrons. The molecular formula is C22H29Cl2NO5. The van der Waals surface area contributed by atoms with Crippen molar-refractivity contribution in [2.75, 3.05) is 33.4 Å². The van der Waals surface area contributed by atoms with Crippen LogP contribution in [0.1, 0.15) is 24.2 Å². The summed E-state index contributed by atoms with van der Waals surface area (Å²) in [4.78, 5) is 13.2. The fourth-order valence-electron chi connectivity index (χ4n) is 3.05. The second-order valence-corrected chi connectivity index (χ2v) is 7.29. The van der Waals surface area contributed by atoms with Gasteiger partial charge in [-0.3, -0.25) is 4.90 Å². The molecule has 6 nitrogen and oxygen atoms in total. The molecule has 0 saturated heterocycles. The molecular weight excluding hydrogens is 429 g/mol. The van der Waals surface area contributed by atoms with E-state index in [9.17, 15) is 15.0 Å². The molecule has 0 amide bonds. The molecule has 2 aromatic rings. The lowest BCUT2D eigenvalue weighted by molar-refractivity contribution is -0.142. The van der Waals surface area contributed by atoms with Gasteiger partial charge in [0, 0.05) is 24.2 Å². The highest BCUT2D eigenvalue weighted by Crippen LogP contribution is 2.21. The van der Waals surface area contributed by atoms with E-state index < -0.39 is 12.1 Å². The van der Waals surface area contributed by atoms with Gasteiger partial charge in [-0.25, -0.2) is 4.79 Å². The average molecular weight is 458 g/mol. The molecule has 0 aliphatic rings. The van der Waals surface area contributed by atoms with Gasteiger partial charge < -0.3 is 19.7 Å². The van der Waals surface area contributed by atoms with Crippen molar-refractivity contribution in [2.24, 2.45) is 0 Å². The number of rotatable bonds is 11. The summed E-state index contributed by atoms with van der Waals surface area (Å²) in [5, 5.41) is 20.6. The number of benzene rings is 2. The zero-order chi connectivity index (χ0) is 21.2. The predicted molar refractivity (Wildman–Crippen MR) is 119 cm³/mol. The molecule has 2 rings (SSSR count). The number of hydrogen-bond donors (Lipinski definition) is 2. The number of nitrogens with zero attached hydrogens (tertiary/aromatic N) is 1. The highest BCUT2D eigenvalue weighted by atomic mass is 35.5. The fourth-order valence-corrected chi connectivity index (χ4v) is 3.25. The first-order valence-corrected chi connectivity index (χ1v) is 9.87. The van der Waals surface area contributed by atoms with Gasteiger partial charge in [0.2, 0.25) is 0 Å². The summed E-state index contributed by atoms with van der Waals surface area (Å²) in [6.45, 7) is 2.79. The molecule has 0 spiro atoms. The Balaban J connectivity index is 0.00000450. The van der Waals surface area contributed by atoms with E-state index in [0.717, 1.165) is 17.5 Å². The van der Waals surface area contributed by atoms with Crippen molar-refractivity contribution in [1.29, 1.82) is 0 Å². The van der Waals surface area contributed by atoms with Crippen LogP contribution >= 0.6 is 24.0 Å². The minimum absolute atomic E-state index is 0. The van der Waals surface area contributed by atoms with Gasteiger partial charge in [-0.2, -0.15) is 0 Å². The molecule has 2 atom stereocenters. The Morgan fingerprint density at radius 1 is 1.20 bits per heavy atom. The molecule has 0 aromatic heterocycles. The molecule has 0 bridgehead atoms. The molecule has 8 heteroatoms. The van der Waals surface area contributed by atoms with Crippen LogP contribution in [0.25, 0.3) is 0 Å². The smallest absolute Gasteiger partial charge is 0.343 e. The Labute approximate surface area is 188 Å². The summed E-state index contributed by atoms with van der Waals surface area (Å²) in [7, 11) is 1.32. The molecule has 0 aliphatic carbocycles. The van der Waals surface area contributed by atoms with Crippen LogP contribution in [-0.4, -0.2) is 60.5 Å². The lowest BCUT2D eigenvalue weighted by Gasteiger charge is -2.30. The molecule has 0 aliphatic heterocycles. The third-order valence-electron chi connectivity index (χ3n) is 4.69. The van der Waals surface area contributed by atoms with Crippen molar-refractivity contribution in [2.45, 2.75) is 25.5 Å². The number of ether oxygens (including phenoxy) is 2. The number of carbonyl (C=O) groups is 1. The van der Waals surface area contributed by atoms with Gasteiger partial charge >= 0.3 is 5.97 Å². The van der Waals surface area contributed by atoms with Crippen LogP contribution in [-0.2, 0) is 16.0 Å². The summed E-state index contributed by atoms with van der Waals surface area (Å²) in [6, 6.07) is 14.8. The first kappa shape index (κ1) is 26.2. The topological polar surface area (TPSA) is 79.2 Å². The highest BCUT2D eigenvalue weighted by molar-refractivity contribution is 6.30. The number of esters is 1. The molecule has 0 saturated carbocycles. The number of aliphatic hydroxyl groups excluding tert-OH is 2. The SMILES string of the molecule is COC(=O)COc1ccc(CC(C)N(CCO)CC(O)c2cccc(Cl)c2)cc1.Cl. The van der Waals surface area contributed by atoms with Crippen LogP contribution in [0.15, 0.2) is 48.5 Å². The average Bonchev–Trinajstić information content (AvgIpc) is 2.72. The van der Waals surface area contributed by atoms with E-state index >= 15 is 0 Å². The Hall–Kier alpha value is -1.83. The monoisotopic (exact) mass is 457 g/mol. The zero-order valence-corrected chi connectivity index (χ0v) is 18.7. The molecule has 0 fully saturated rings. The van der Waals surface area contributed by atoms with E-state index in [2.05, 4.69) is 11.7 Å². The number of methoxy groups -OCH3 is 1. The van der Waals surface area contributed by atoms with Crippen LogP contribution < -0.4 is 4.74 Å². The summed E-state index contributed by atoms with van der Waals surface area (Å²) < 4.78 is 9.90. The second-order valence-electron chi connectivity index (χ2n) is 6.85. The lowest BCUT2D eigenvalue weighted by Crippen LogP contribution is -2.39. The quantitative estimate of drug-likeness (QED) is 0.504. The van der Waals surface area contributed by atoms with E-state index in [1.807, 2.05) is 41.3 Å². The van der Waals surface area contributed by atoms with Crippen LogP contribution in [0.4, 0.5) is 0 Å². The van der Waals surface area contributed by atoms with Crippen LogP contribution in [0.2, 0.25) is 5.02 Å². The molecule has 2 unspecified atom stereocenters. The van der Waals surface area contributed by atoms with Gasteiger partial charge in [0.05, 0.1) is 19.8 Å². The number of hydrogen-bond acceptors (Lipinski definition) is 6. The highest BCUT2D eigenvalue weighted by Gasteiger charge is 2.19. The Bertz CT molecular complexity index is 772. The van der Waals surface area contributed by atoms with E-state index in [4.69, 9.17) is 16.3 Å². The van der Waals surface area contributed by atoms with Gasteiger partial charge in [-0.05, 0) is 48.7 Å². The minimum atomic E-state index is -0.697. The molecule has 166 valence electrons. The maximum atomic E-state index is 11.1. The van der Waals surface area contributed by atoms with Crippen LogP contribution in [0.5, 0.6) is 5.75 Å². The van der Waals surface area contributed by atoms with E-state index in [1.54, 1.807) is 12.1 Å². The first-order valence-electron chi connectivity index (χ1n) is 9.50. The molecule has 30 heavy (non-hydrogen) atoms. The Kier molecular flexibility index (Phi) is 11.8. The first-order chi connectivity index (χ1) is 13.9. The third kappa shape index (κ3) is 8.50. The summed E-state index contributed by atoms with van der Waals surface area (Å²) in [6.07, 6.45) is 0.0383. The van der Waals surface area contributed by atoms with E-state index in [-0.39, 0.29) is 31.7 Å². The Morgan fingerprint density at radius 2 is 1.90 bits per heavy atom. The number of halogens is 2. The maximum absolute atomic E-state index is 11.1. The van der Waals surface area contributed by atoms with Gasteiger partial charge in [-0.1, -0.05) is 35.9 Å². The maximum Gasteiger partial charge on any atom is 0.343 e. The summed E-state index contributed by atoms with van der Waals surface area (Å²) in [5.41, 5.74) is 1.84. The molecule has 2 aromatic carbocycles. The van der Waals surface area contributed by atoms with Gasteiger partial charge in [0.25, 0.3) is 0 Å². The van der Waals surface area contributed by atoms with E-state index in [0.29, 0.717) is 23.9 Å². The normalized spacial score (nSPS) is 12.7. The van der Waals surface area contributed by atoms with Gasteiger partial charge in [0.15, 0.2) is 6.61 Å². The van der Waals surface area contributed by atoms with Crippen molar-refractivity contribution in [1.82, 2.24) is 4.90 Å². The van der Waals surface area contributed by atoms with Crippen molar-refractivity contribution in [3.05, 3.63) is 64.7 Å². The van der Waals surface area contributed by atoms with Crippen molar-refractivity contribution >= 4 is 30.0 Å². The van der Waals surface area contributed by atoms with Crippen LogP contribution in [0.3, 0.4) is 0 Å². The van der Waals surface area contributed by atoms with Gasteiger partial charge in [-0.15, -0.1) is 12.4 Å². The fraction of sp³-hybridized carbons (Fsp3) is 0.409. The minimum Gasteiger partial charge on any atom is -0.482 e. The van der Waals surface area contributed by atoms with Crippen LogP contribution in [0, 0.1) is 0 Å². The standard InChI is InChI=1S/C22H28ClNO5.ClH/c1-16(12-17-6-8-20(9-7-17)29-15-22(27)28-2)24(10-11-25)14-21(26)18-4-3-5-19(23)13-18;/h3-9,13,16,21,25-26H,10-12,14-15H2,1-2H3;1H. The van der Waals surface area contributed by atoms with Crippen molar-refractivity contribution in [3.8, 4) is 5.75 Å². The third-order valence-corrected chi connectivity index (χ3v) is 4.93. The van der Waals surface area contributed by atoms with Crippen molar-refractivity contribution < 1.29 is 24.5 Å². The molecule has 2 N–H and O–H groups in total.